The molecule has 37 heavy (non-hydrogen) atoms. The predicted octanol–water partition coefficient (Wildman–Crippen LogP) is 6.98. The minimum atomic E-state index is -0.424. The Labute approximate surface area is 224 Å². The molecule has 0 saturated carbocycles. The van der Waals surface area contributed by atoms with Crippen LogP contribution >= 0.6 is 11.6 Å². The summed E-state index contributed by atoms with van der Waals surface area (Å²) in [6, 6.07) is 10.0. The number of rotatable bonds is 6. The fourth-order valence-electron chi connectivity index (χ4n) is 5.89. The van der Waals surface area contributed by atoms with Gasteiger partial charge in [0.1, 0.15) is 6.61 Å². The largest absolute Gasteiger partial charge is 0.490 e. The quantitative estimate of drug-likeness (QED) is 0.412. The predicted molar refractivity (Wildman–Crippen MR) is 145 cm³/mol. The number of aryl methyl sites for hydroxylation is 2. The highest BCUT2D eigenvalue weighted by Gasteiger charge is 2.42. The molecule has 6 heteroatoms. The zero-order valence-electron chi connectivity index (χ0n) is 22.1. The molecule has 1 heterocycles. The highest BCUT2D eigenvalue weighted by Crippen LogP contribution is 2.50. The summed E-state index contributed by atoms with van der Waals surface area (Å²) in [4.78, 5) is 28.7. The Kier molecular flexibility index (Phi) is 7.17. The van der Waals surface area contributed by atoms with Crippen molar-refractivity contribution in [3.8, 4) is 11.5 Å². The van der Waals surface area contributed by atoms with E-state index in [1.807, 2.05) is 26.1 Å². The second-order valence-electron chi connectivity index (χ2n) is 10.2. The lowest BCUT2D eigenvalue weighted by Crippen LogP contribution is -2.37. The van der Waals surface area contributed by atoms with Crippen LogP contribution < -0.4 is 9.47 Å². The molecule has 2 aromatic carbocycles. The Hall–Kier alpha value is -3.05. The van der Waals surface area contributed by atoms with Gasteiger partial charge in [-0.15, -0.1) is 0 Å². The van der Waals surface area contributed by atoms with Gasteiger partial charge < -0.3 is 14.4 Å². The van der Waals surface area contributed by atoms with E-state index < -0.39 is 5.92 Å². The van der Waals surface area contributed by atoms with Gasteiger partial charge in [0.25, 0.3) is 0 Å². The molecule has 0 saturated heterocycles. The SMILES string of the molecule is CCOc1cc(C2C3=C(CCCC3=O)N(C)C3=C2C(=O)CCC3)cc(Cl)c1OCc1ccc(C)c(C)c1. The van der Waals surface area contributed by atoms with E-state index in [9.17, 15) is 9.59 Å². The van der Waals surface area contributed by atoms with E-state index in [0.717, 1.165) is 59.4 Å². The van der Waals surface area contributed by atoms with Crippen LogP contribution in [0.3, 0.4) is 0 Å². The van der Waals surface area contributed by atoms with Crippen molar-refractivity contribution in [2.24, 2.45) is 0 Å². The molecule has 2 aliphatic carbocycles. The molecule has 0 fully saturated rings. The Morgan fingerprint density at radius 1 is 0.892 bits per heavy atom. The van der Waals surface area contributed by atoms with Crippen LogP contribution in [-0.4, -0.2) is 30.1 Å². The summed E-state index contributed by atoms with van der Waals surface area (Å²) in [7, 11) is 2.00. The molecule has 0 atom stereocenters. The van der Waals surface area contributed by atoms with Crippen LogP contribution in [0.2, 0.25) is 5.02 Å². The number of Topliss-reactive ketones (excluding diaryl/α,β-unsaturated/α-hetero) is 2. The average Bonchev–Trinajstić information content (AvgIpc) is 2.87. The standard InChI is InChI=1S/C31H34ClNO4/c1-5-36-27-16-21(15-22(32)31(27)37-17-20-13-12-18(2)19(3)14-20)28-29-23(8-6-10-25(29)34)33(4)24-9-7-11-26(35)30(24)28/h12-16,28H,5-11,17H2,1-4H3. The fraction of sp³-hybridized carbons (Fsp3) is 0.419. The molecule has 194 valence electrons. The first-order valence-electron chi connectivity index (χ1n) is 13.2. The van der Waals surface area contributed by atoms with Gasteiger partial charge in [-0.1, -0.05) is 29.8 Å². The Morgan fingerprint density at radius 3 is 2.14 bits per heavy atom. The van der Waals surface area contributed by atoms with E-state index in [1.54, 1.807) is 0 Å². The summed E-state index contributed by atoms with van der Waals surface area (Å²) in [5, 5.41) is 0.416. The number of carbonyl (C=O) groups excluding carboxylic acids is 2. The molecular weight excluding hydrogens is 486 g/mol. The minimum absolute atomic E-state index is 0.118. The van der Waals surface area contributed by atoms with Crippen molar-refractivity contribution < 1.29 is 19.1 Å². The first-order valence-corrected chi connectivity index (χ1v) is 13.6. The zero-order chi connectivity index (χ0) is 26.3. The lowest BCUT2D eigenvalue weighted by atomic mass is 9.71. The maximum Gasteiger partial charge on any atom is 0.180 e. The molecule has 0 N–H and O–H groups in total. The maximum absolute atomic E-state index is 13.3. The topological polar surface area (TPSA) is 55.8 Å². The van der Waals surface area contributed by atoms with Crippen LogP contribution in [0, 0.1) is 13.8 Å². The van der Waals surface area contributed by atoms with Gasteiger partial charge in [0.15, 0.2) is 23.1 Å². The molecule has 0 amide bonds. The number of nitrogens with zero attached hydrogens (tertiary/aromatic N) is 1. The van der Waals surface area contributed by atoms with E-state index >= 15 is 0 Å². The molecule has 0 bridgehead atoms. The Morgan fingerprint density at radius 2 is 1.54 bits per heavy atom. The minimum Gasteiger partial charge on any atom is -0.490 e. The van der Waals surface area contributed by atoms with Gasteiger partial charge >= 0.3 is 0 Å². The van der Waals surface area contributed by atoms with Crippen molar-refractivity contribution in [2.75, 3.05) is 13.7 Å². The van der Waals surface area contributed by atoms with Gasteiger partial charge in [0.2, 0.25) is 0 Å². The molecule has 0 unspecified atom stereocenters. The molecule has 5 nitrogen and oxygen atoms in total. The third-order valence-electron chi connectivity index (χ3n) is 7.86. The first kappa shape index (κ1) is 25.6. The third-order valence-corrected chi connectivity index (χ3v) is 8.14. The monoisotopic (exact) mass is 519 g/mol. The van der Waals surface area contributed by atoms with Crippen LogP contribution in [0.25, 0.3) is 0 Å². The van der Waals surface area contributed by atoms with Gasteiger partial charge in [-0.2, -0.15) is 0 Å². The van der Waals surface area contributed by atoms with Crippen LogP contribution in [0.1, 0.15) is 73.6 Å². The molecule has 2 aromatic rings. The molecule has 3 aliphatic rings. The molecule has 5 rings (SSSR count). The summed E-state index contributed by atoms with van der Waals surface area (Å²) in [5.74, 6) is 0.821. The Bertz CT molecular complexity index is 1290. The van der Waals surface area contributed by atoms with Crippen molar-refractivity contribution in [3.63, 3.8) is 0 Å². The molecule has 1 aliphatic heterocycles. The van der Waals surface area contributed by atoms with Gasteiger partial charge in [-0.05, 0) is 80.8 Å². The number of hydrogen-bond donors (Lipinski definition) is 0. The van der Waals surface area contributed by atoms with Crippen LogP contribution in [0.5, 0.6) is 11.5 Å². The van der Waals surface area contributed by atoms with Crippen molar-refractivity contribution in [2.45, 2.75) is 71.8 Å². The van der Waals surface area contributed by atoms with Gasteiger partial charge in [0, 0.05) is 48.3 Å². The van der Waals surface area contributed by atoms with Gasteiger partial charge in [-0.25, -0.2) is 0 Å². The number of hydrogen-bond acceptors (Lipinski definition) is 5. The van der Waals surface area contributed by atoms with Crippen molar-refractivity contribution in [1.82, 2.24) is 4.90 Å². The lowest BCUT2D eigenvalue weighted by molar-refractivity contribution is -0.117. The highest BCUT2D eigenvalue weighted by atomic mass is 35.5. The van der Waals surface area contributed by atoms with E-state index in [0.29, 0.717) is 42.6 Å². The normalized spacial score (nSPS) is 18.2. The molecule has 0 spiro atoms. The van der Waals surface area contributed by atoms with Crippen LogP contribution in [0.15, 0.2) is 52.9 Å². The van der Waals surface area contributed by atoms with Crippen molar-refractivity contribution >= 4 is 23.2 Å². The second-order valence-corrected chi connectivity index (χ2v) is 10.6. The molecule has 0 radical (unpaired) electrons. The number of ketones is 2. The zero-order valence-corrected chi connectivity index (χ0v) is 22.8. The molecular formula is C31H34ClNO4. The summed E-state index contributed by atoms with van der Waals surface area (Å²) in [5.41, 5.74) is 7.86. The Balaban J connectivity index is 1.58. The van der Waals surface area contributed by atoms with E-state index in [4.69, 9.17) is 21.1 Å². The average molecular weight is 520 g/mol. The van der Waals surface area contributed by atoms with Crippen LogP contribution in [0.4, 0.5) is 0 Å². The number of ether oxygens (including phenoxy) is 2. The van der Waals surface area contributed by atoms with E-state index in [2.05, 4.69) is 36.9 Å². The van der Waals surface area contributed by atoms with Gasteiger partial charge in [0.05, 0.1) is 11.6 Å². The van der Waals surface area contributed by atoms with E-state index in [1.165, 1.54) is 11.1 Å². The number of benzene rings is 2. The highest BCUT2D eigenvalue weighted by molar-refractivity contribution is 6.32. The summed E-state index contributed by atoms with van der Waals surface area (Å²) in [6.07, 6.45) is 4.35. The van der Waals surface area contributed by atoms with Gasteiger partial charge in [-0.3, -0.25) is 9.59 Å². The van der Waals surface area contributed by atoms with E-state index in [-0.39, 0.29) is 11.6 Å². The van der Waals surface area contributed by atoms with Crippen molar-refractivity contribution in [1.29, 1.82) is 0 Å². The maximum atomic E-state index is 13.3. The number of carbonyl (C=O) groups is 2. The summed E-state index contributed by atoms with van der Waals surface area (Å²) in [6.45, 7) is 6.88. The number of halogens is 1. The van der Waals surface area contributed by atoms with Crippen LogP contribution in [-0.2, 0) is 16.2 Å². The van der Waals surface area contributed by atoms with Crippen molar-refractivity contribution in [3.05, 3.63) is 80.1 Å². The first-order chi connectivity index (χ1) is 17.8. The fourth-order valence-corrected chi connectivity index (χ4v) is 6.17. The molecule has 0 aromatic heterocycles. The second kappa shape index (κ2) is 10.4. The summed E-state index contributed by atoms with van der Waals surface area (Å²) >= 11 is 6.85. The smallest absolute Gasteiger partial charge is 0.180 e. The third kappa shape index (κ3) is 4.70. The summed E-state index contributed by atoms with van der Waals surface area (Å²) < 4.78 is 12.2. The number of allylic oxidation sites excluding steroid dienone is 4. The lowest BCUT2D eigenvalue weighted by Gasteiger charge is -2.42.